The van der Waals surface area contributed by atoms with Gasteiger partial charge in [0.15, 0.2) is 0 Å². The predicted octanol–water partition coefficient (Wildman–Crippen LogP) is 3.47. The van der Waals surface area contributed by atoms with Gasteiger partial charge in [-0.3, -0.25) is 4.79 Å². The van der Waals surface area contributed by atoms with Gasteiger partial charge in [-0.15, -0.1) is 0 Å². The number of anilines is 2. The monoisotopic (exact) mass is 294 g/mol. The Morgan fingerprint density at radius 1 is 1.23 bits per heavy atom. The van der Waals surface area contributed by atoms with Crippen LogP contribution >= 0.6 is 0 Å². The summed E-state index contributed by atoms with van der Waals surface area (Å²) in [4.78, 5) is 12.2. The van der Waals surface area contributed by atoms with E-state index in [-0.39, 0.29) is 17.4 Å². The van der Waals surface area contributed by atoms with Gasteiger partial charge < -0.3 is 10.6 Å². The van der Waals surface area contributed by atoms with Gasteiger partial charge in [-0.1, -0.05) is 18.9 Å². The summed E-state index contributed by atoms with van der Waals surface area (Å²) >= 11 is 0. The van der Waals surface area contributed by atoms with Crippen LogP contribution in [0.3, 0.4) is 0 Å². The number of amides is 1. The molecule has 1 aliphatic rings. The molecule has 5 heteroatoms. The second kappa shape index (κ2) is 7.28. The van der Waals surface area contributed by atoms with E-state index >= 15 is 0 Å². The van der Waals surface area contributed by atoms with Gasteiger partial charge in [0, 0.05) is 12.1 Å². The maximum atomic E-state index is 12.2. The third kappa shape index (κ3) is 3.86. The van der Waals surface area contributed by atoms with Crippen molar-refractivity contribution in [3.63, 3.8) is 0 Å². The van der Waals surface area contributed by atoms with Crippen LogP contribution in [-0.2, 0) is 4.79 Å². The largest absolute Gasteiger partial charge is 0.358 e. The van der Waals surface area contributed by atoms with Crippen LogP contribution in [-0.4, -0.2) is 5.91 Å². The lowest BCUT2D eigenvalue weighted by Crippen LogP contribution is -2.20. The molecule has 0 aromatic heterocycles. The highest BCUT2D eigenvalue weighted by atomic mass is 16.1. The van der Waals surface area contributed by atoms with Crippen molar-refractivity contribution < 1.29 is 4.79 Å². The Labute approximate surface area is 130 Å². The Morgan fingerprint density at radius 3 is 2.55 bits per heavy atom. The highest BCUT2D eigenvalue weighted by Gasteiger charge is 2.23. The summed E-state index contributed by atoms with van der Waals surface area (Å²) in [6.45, 7) is 1.94. The molecule has 5 nitrogen and oxygen atoms in total. The number of nitrogens with zero attached hydrogens (tertiary/aromatic N) is 2. The number of nitriles is 2. The molecule has 112 valence electrons. The van der Waals surface area contributed by atoms with Crippen LogP contribution < -0.4 is 10.6 Å². The van der Waals surface area contributed by atoms with Crippen LogP contribution in [0.1, 0.15) is 31.2 Å². The highest BCUT2D eigenvalue weighted by Crippen LogP contribution is 2.28. The van der Waals surface area contributed by atoms with E-state index in [1.807, 2.05) is 25.1 Å². The number of carbonyl (C=O) groups is 1. The van der Waals surface area contributed by atoms with Gasteiger partial charge in [-0.25, -0.2) is 0 Å². The second-order valence-corrected chi connectivity index (χ2v) is 5.45. The van der Waals surface area contributed by atoms with E-state index < -0.39 is 0 Å². The summed E-state index contributed by atoms with van der Waals surface area (Å²) in [7, 11) is 0. The van der Waals surface area contributed by atoms with Crippen molar-refractivity contribution in [1.82, 2.24) is 0 Å². The van der Waals surface area contributed by atoms with Crippen molar-refractivity contribution in [3.05, 3.63) is 35.5 Å². The van der Waals surface area contributed by atoms with Crippen LogP contribution in [0.4, 0.5) is 11.4 Å². The molecule has 1 amide bonds. The maximum Gasteiger partial charge on any atom is 0.227 e. The third-order valence-electron chi connectivity index (χ3n) is 3.77. The zero-order valence-corrected chi connectivity index (χ0v) is 12.5. The zero-order chi connectivity index (χ0) is 15.9. The Kier molecular flexibility index (Phi) is 5.16. The zero-order valence-electron chi connectivity index (χ0n) is 12.5. The Hall–Kier alpha value is -2.79. The molecule has 0 unspecified atom stereocenters. The van der Waals surface area contributed by atoms with Gasteiger partial charge in [0.1, 0.15) is 17.7 Å². The van der Waals surface area contributed by atoms with E-state index in [9.17, 15) is 4.79 Å². The van der Waals surface area contributed by atoms with Crippen LogP contribution in [0.25, 0.3) is 0 Å². The first-order chi connectivity index (χ1) is 10.6. The Bertz CT molecular complexity index is 657. The van der Waals surface area contributed by atoms with Gasteiger partial charge in [0.05, 0.1) is 11.4 Å². The minimum absolute atomic E-state index is 0.0189. The molecule has 22 heavy (non-hydrogen) atoms. The summed E-state index contributed by atoms with van der Waals surface area (Å²) in [5.41, 5.74) is 2.34. The lowest BCUT2D eigenvalue weighted by molar-refractivity contribution is -0.119. The number of benzene rings is 1. The molecule has 1 fully saturated rings. The number of nitrogens with one attached hydrogen (secondary N) is 2. The van der Waals surface area contributed by atoms with Gasteiger partial charge >= 0.3 is 0 Å². The van der Waals surface area contributed by atoms with Crippen LogP contribution in [0.5, 0.6) is 0 Å². The summed E-state index contributed by atoms with van der Waals surface area (Å²) in [6, 6.07) is 9.19. The number of carbonyl (C=O) groups excluding carboxylic acids is 1. The number of allylic oxidation sites excluding steroid dienone is 1. The summed E-state index contributed by atoms with van der Waals surface area (Å²) < 4.78 is 0. The van der Waals surface area contributed by atoms with Gasteiger partial charge in [0.25, 0.3) is 0 Å². The molecule has 1 aliphatic carbocycles. The molecular weight excluding hydrogens is 276 g/mol. The van der Waals surface area contributed by atoms with E-state index in [0.717, 1.165) is 31.2 Å². The normalized spacial score (nSPS) is 13.8. The first kappa shape index (κ1) is 15.6. The first-order valence-corrected chi connectivity index (χ1v) is 7.32. The Balaban J connectivity index is 2.17. The van der Waals surface area contributed by atoms with E-state index in [1.165, 1.54) is 6.20 Å². The second-order valence-electron chi connectivity index (χ2n) is 5.45. The molecule has 0 saturated heterocycles. The Morgan fingerprint density at radius 2 is 1.91 bits per heavy atom. The third-order valence-corrected chi connectivity index (χ3v) is 3.77. The molecule has 2 rings (SSSR count). The summed E-state index contributed by atoms with van der Waals surface area (Å²) in [6.07, 6.45) is 5.43. The fourth-order valence-electron chi connectivity index (χ4n) is 2.55. The molecular formula is C17H18N4O. The predicted molar refractivity (Wildman–Crippen MR) is 84.7 cm³/mol. The molecule has 2 N–H and O–H groups in total. The summed E-state index contributed by atoms with van der Waals surface area (Å²) in [5, 5.41) is 23.4. The van der Waals surface area contributed by atoms with E-state index in [4.69, 9.17) is 10.5 Å². The van der Waals surface area contributed by atoms with Crippen LogP contribution in [0.15, 0.2) is 30.0 Å². The molecule has 1 aromatic rings. The van der Waals surface area contributed by atoms with Crippen molar-refractivity contribution in [2.75, 3.05) is 10.6 Å². The quantitative estimate of drug-likeness (QED) is 0.832. The standard InChI is InChI=1S/C17H18N4O/c1-12-6-7-15(21-17(22)14-4-2-3-5-14)16(8-12)20-11-13(9-18)10-19/h6-8,11,14,20H,2-5H2,1H3,(H,21,22). The molecule has 1 saturated carbocycles. The fraction of sp³-hybridized carbons (Fsp3) is 0.353. The fourth-order valence-corrected chi connectivity index (χ4v) is 2.55. The average Bonchev–Trinajstić information content (AvgIpc) is 3.05. The number of rotatable bonds is 4. The van der Waals surface area contributed by atoms with Crippen molar-refractivity contribution in [2.45, 2.75) is 32.6 Å². The molecule has 0 spiro atoms. The number of hydrogen-bond acceptors (Lipinski definition) is 4. The van der Waals surface area contributed by atoms with Crippen molar-refractivity contribution in [2.24, 2.45) is 5.92 Å². The first-order valence-electron chi connectivity index (χ1n) is 7.32. The smallest absolute Gasteiger partial charge is 0.227 e. The molecule has 0 aliphatic heterocycles. The van der Waals surface area contributed by atoms with Crippen LogP contribution in [0.2, 0.25) is 0 Å². The average molecular weight is 294 g/mol. The molecule has 1 aromatic carbocycles. The van der Waals surface area contributed by atoms with Gasteiger partial charge in [0.2, 0.25) is 5.91 Å². The van der Waals surface area contributed by atoms with Gasteiger partial charge in [-0.05, 0) is 37.5 Å². The lowest BCUT2D eigenvalue weighted by atomic mass is 10.1. The maximum absolute atomic E-state index is 12.2. The minimum Gasteiger partial charge on any atom is -0.358 e. The molecule has 0 atom stereocenters. The SMILES string of the molecule is Cc1ccc(NC(=O)C2CCCC2)c(NC=C(C#N)C#N)c1. The number of hydrogen-bond donors (Lipinski definition) is 2. The van der Waals surface area contributed by atoms with Crippen LogP contribution in [0, 0.1) is 35.5 Å². The highest BCUT2D eigenvalue weighted by molar-refractivity contribution is 5.96. The molecule has 0 radical (unpaired) electrons. The van der Waals surface area contributed by atoms with E-state index in [0.29, 0.717) is 11.4 Å². The topological polar surface area (TPSA) is 88.7 Å². The lowest BCUT2D eigenvalue weighted by Gasteiger charge is -2.14. The minimum atomic E-state index is -0.0189. The van der Waals surface area contributed by atoms with Gasteiger partial charge in [-0.2, -0.15) is 10.5 Å². The summed E-state index contributed by atoms with van der Waals surface area (Å²) in [5.74, 6) is 0.118. The van der Waals surface area contributed by atoms with Crippen molar-refractivity contribution >= 4 is 17.3 Å². The van der Waals surface area contributed by atoms with Crippen molar-refractivity contribution in [1.29, 1.82) is 10.5 Å². The molecule has 0 bridgehead atoms. The van der Waals surface area contributed by atoms with Crippen molar-refractivity contribution in [3.8, 4) is 12.1 Å². The number of aryl methyl sites for hydroxylation is 1. The van der Waals surface area contributed by atoms with E-state index in [1.54, 1.807) is 12.1 Å². The van der Waals surface area contributed by atoms with E-state index in [2.05, 4.69) is 10.6 Å². The molecule has 0 heterocycles.